The minimum atomic E-state index is 0.169. The molecule has 0 bridgehead atoms. The second kappa shape index (κ2) is 7.59. The highest BCUT2D eigenvalue weighted by atomic mass is 35.5. The van der Waals surface area contributed by atoms with Crippen LogP contribution in [0.15, 0.2) is 36.4 Å². The van der Waals surface area contributed by atoms with Crippen LogP contribution >= 0.6 is 11.6 Å². The predicted octanol–water partition coefficient (Wildman–Crippen LogP) is 2.20. The number of anilines is 2. The van der Waals surface area contributed by atoms with Crippen molar-refractivity contribution < 1.29 is 4.74 Å². The van der Waals surface area contributed by atoms with Gasteiger partial charge in [-0.05, 0) is 5.56 Å². The van der Waals surface area contributed by atoms with E-state index in [1.54, 1.807) is 6.07 Å². The van der Waals surface area contributed by atoms with Crippen molar-refractivity contribution in [3.63, 3.8) is 0 Å². The standard InChI is InChI=1S/C16H20ClN5O/c17-14-10-15(21-16(18)20-14)19-11-13(12-4-2-1-3-5-12)22-6-8-23-9-7-22/h1-5,10,13H,6-9,11H2,(H3,18,19,20,21)/t13-/m1/s1. The van der Waals surface area contributed by atoms with Gasteiger partial charge in [-0.2, -0.15) is 4.98 Å². The van der Waals surface area contributed by atoms with Gasteiger partial charge in [-0.3, -0.25) is 4.90 Å². The third-order valence-electron chi connectivity index (χ3n) is 3.86. The number of benzene rings is 1. The van der Waals surface area contributed by atoms with E-state index in [0.717, 1.165) is 26.3 Å². The molecule has 122 valence electrons. The zero-order valence-corrected chi connectivity index (χ0v) is 13.5. The van der Waals surface area contributed by atoms with Gasteiger partial charge >= 0.3 is 0 Å². The quantitative estimate of drug-likeness (QED) is 0.817. The molecule has 6 nitrogen and oxygen atoms in total. The molecule has 3 rings (SSSR count). The number of nitrogen functional groups attached to an aromatic ring is 1. The summed E-state index contributed by atoms with van der Waals surface area (Å²) in [5.41, 5.74) is 6.91. The van der Waals surface area contributed by atoms with Crippen molar-refractivity contribution in [1.82, 2.24) is 14.9 Å². The summed E-state index contributed by atoms with van der Waals surface area (Å²) < 4.78 is 5.46. The van der Waals surface area contributed by atoms with E-state index in [1.165, 1.54) is 5.56 Å². The second-order valence-electron chi connectivity index (χ2n) is 5.39. The Morgan fingerprint density at radius 3 is 2.65 bits per heavy atom. The smallest absolute Gasteiger partial charge is 0.223 e. The Hall–Kier alpha value is -1.89. The van der Waals surface area contributed by atoms with Gasteiger partial charge in [0.25, 0.3) is 0 Å². The molecule has 1 aliphatic rings. The molecule has 1 aliphatic heterocycles. The van der Waals surface area contributed by atoms with Gasteiger partial charge in [0.15, 0.2) is 0 Å². The summed E-state index contributed by atoms with van der Waals surface area (Å²) in [5.74, 6) is 0.805. The summed E-state index contributed by atoms with van der Waals surface area (Å²) in [4.78, 5) is 10.5. The Labute approximate surface area is 140 Å². The average Bonchev–Trinajstić information content (AvgIpc) is 2.56. The average molecular weight is 334 g/mol. The van der Waals surface area contributed by atoms with Crippen LogP contribution in [0.25, 0.3) is 0 Å². The fourth-order valence-corrected chi connectivity index (χ4v) is 2.94. The first-order valence-electron chi connectivity index (χ1n) is 7.63. The maximum Gasteiger partial charge on any atom is 0.223 e. The van der Waals surface area contributed by atoms with Crippen LogP contribution in [0.3, 0.4) is 0 Å². The van der Waals surface area contributed by atoms with E-state index < -0.39 is 0 Å². The molecule has 0 radical (unpaired) electrons. The monoisotopic (exact) mass is 333 g/mol. The first-order chi connectivity index (χ1) is 11.2. The summed E-state index contributed by atoms with van der Waals surface area (Å²) in [5, 5.41) is 3.66. The van der Waals surface area contributed by atoms with E-state index in [-0.39, 0.29) is 12.0 Å². The fraction of sp³-hybridized carbons (Fsp3) is 0.375. The first kappa shape index (κ1) is 16.0. The van der Waals surface area contributed by atoms with Crippen LogP contribution in [0.2, 0.25) is 5.15 Å². The Kier molecular flexibility index (Phi) is 5.27. The maximum absolute atomic E-state index is 5.93. The molecule has 7 heteroatoms. The molecule has 1 fully saturated rings. The molecule has 2 heterocycles. The topological polar surface area (TPSA) is 76.3 Å². The largest absolute Gasteiger partial charge is 0.379 e. The number of halogens is 1. The lowest BCUT2D eigenvalue weighted by Crippen LogP contribution is -2.41. The van der Waals surface area contributed by atoms with Crippen molar-refractivity contribution >= 4 is 23.4 Å². The van der Waals surface area contributed by atoms with Crippen LogP contribution in [0.1, 0.15) is 11.6 Å². The van der Waals surface area contributed by atoms with Crippen LogP contribution in [-0.2, 0) is 4.74 Å². The molecule has 0 saturated carbocycles. The maximum atomic E-state index is 5.93. The number of ether oxygens (including phenoxy) is 1. The summed E-state index contributed by atoms with van der Waals surface area (Å²) in [7, 11) is 0. The lowest BCUT2D eigenvalue weighted by Gasteiger charge is -2.35. The Balaban J connectivity index is 1.75. The highest BCUT2D eigenvalue weighted by Crippen LogP contribution is 2.23. The van der Waals surface area contributed by atoms with Crippen molar-refractivity contribution in [3.05, 3.63) is 47.1 Å². The number of aromatic nitrogens is 2. The highest BCUT2D eigenvalue weighted by molar-refractivity contribution is 6.29. The van der Waals surface area contributed by atoms with Gasteiger partial charge in [-0.25, -0.2) is 4.98 Å². The van der Waals surface area contributed by atoms with E-state index in [9.17, 15) is 0 Å². The first-order valence-corrected chi connectivity index (χ1v) is 8.01. The molecule has 0 spiro atoms. The van der Waals surface area contributed by atoms with Crippen LogP contribution < -0.4 is 11.1 Å². The Bertz CT molecular complexity index is 613. The normalized spacial score (nSPS) is 16.9. The predicted molar refractivity (Wildman–Crippen MR) is 91.5 cm³/mol. The summed E-state index contributed by atoms with van der Waals surface area (Å²) in [6.07, 6.45) is 0. The van der Waals surface area contributed by atoms with Crippen LogP contribution in [0.4, 0.5) is 11.8 Å². The Morgan fingerprint density at radius 1 is 1.22 bits per heavy atom. The molecular weight excluding hydrogens is 314 g/mol. The van der Waals surface area contributed by atoms with E-state index in [0.29, 0.717) is 17.5 Å². The molecule has 1 atom stereocenters. The van der Waals surface area contributed by atoms with Gasteiger partial charge in [0.2, 0.25) is 5.95 Å². The van der Waals surface area contributed by atoms with E-state index >= 15 is 0 Å². The van der Waals surface area contributed by atoms with Crippen molar-refractivity contribution in [1.29, 1.82) is 0 Å². The van der Waals surface area contributed by atoms with Gasteiger partial charge in [0.05, 0.1) is 19.3 Å². The van der Waals surface area contributed by atoms with Gasteiger partial charge in [-0.15, -0.1) is 0 Å². The summed E-state index contributed by atoms with van der Waals surface area (Å²) in [6, 6.07) is 12.3. The van der Waals surface area contributed by atoms with Gasteiger partial charge in [-0.1, -0.05) is 41.9 Å². The molecule has 1 aromatic heterocycles. The molecule has 2 aromatic rings. The number of nitrogens with one attached hydrogen (secondary N) is 1. The Morgan fingerprint density at radius 2 is 1.96 bits per heavy atom. The highest BCUT2D eigenvalue weighted by Gasteiger charge is 2.22. The number of nitrogens with zero attached hydrogens (tertiary/aromatic N) is 3. The molecule has 0 unspecified atom stereocenters. The van der Waals surface area contributed by atoms with Gasteiger partial charge in [0, 0.05) is 25.7 Å². The van der Waals surface area contributed by atoms with Crippen molar-refractivity contribution in [2.24, 2.45) is 0 Å². The number of rotatable bonds is 5. The van der Waals surface area contributed by atoms with Crippen LogP contribution in [0.5, 0.6) is 0 Å². The van der Waals surface area contributed by atoms with Gasteiger partial charge in [0.1, 0.15) is 11.0 Å². The SMILES string of the molecule is Nc1nc(Cl)cc(NC[C@H](c2ccccc2)N2CCOCC2)n1. The molecule has 23 heavy (non-hydrogen) atoms. The van der Waals surface area contributed by atoms with Gasteiger partial charge < -0.3 is 15.8 Å². The number of nitrogens with two attached hydrogens (primary N) is 1. The van der Waals surface area contributed by atoms with Crippen molar-refractivity contribution in [2.45, 2.75) is 6.04 Å². The second-order valence-corrected chi connectivity index (χ2v) is 5.78. The fourth-order valence-electron chi connectivity index (χ4n) is 2.75. The zero-order chi connectivity index (χ0) is 16.1. The summed E-state index contributed by atoms with van der Waals surface area (Å²) in [6.45, 7) is 4.05. The minimum Gasteiger partial charge on any atom is -0.379 e. The molecule has 3 N–H and O–H groups in total. The lowest BCUT2D eigenvalue weighted by molar-refractivity contribution is 0.0187. The summed E-state index contributed by atoms with van der Waals surface area (Å²) >= 11 is 5.93. The lowest BCUT2D eigenvalue weighted by atomic mass is 10.0. The number of hydrogen-bond donors (Lipinski definition) is 2. The van der Waals surface area contributed by atoms with Crippen molar-refractivity contribution in [3.8, 4) is 0 Å². The molecule has 1 saturated heterocycles. The number of hydrogen-bond acceptors (Lipinski definition) is 6. The van der Waals surface area contributed by atoms with Crippen molar-refractivity contribution in [2.75, 3.05) is 43.9 Å². The van der Waals surface area contributed by atoms with E-state index in [4.69, 9.17) is 22.1 Å². The molecule has 1 aromatic carbocycles. The number of morpholine rings is 1. The van der Waals surface area contributed by atoms with E-state index in [2.05, 4.69) is 44.5 Å². The van der Waals surface area contributed by atoms with E-state index in [1.807, 2.05) is 6.07 Å². The molecule has 0 amide bonds. The zero-order valence-electron chi connectivity index (χ0n) is 12.8. The third kappa shape index (κ3) is 4.31. The molecular formula is C16H20ClN5O. The van der Waals surface area contributed by atoms with Crippen LogP contribution in [-0.4, -0.2) is 47.7 Å². The minimum absolute atomic E-state index is 0.169. The molecule has 0 aliphatic carbocycles. The third-order valence-corrected chi connectivity index (χ3v) is 4.05. The van der Waals surface area contributed by atoms with Crippen LogP contribution in [0, 0.1) is 0 Å².